The van der Waals surface area contributed by atoms with E-state index in [0.29, 0.717) is 5.75 Å². The number of aliphatic hydroxyl groups is 2. The van der Waals surface area contributed by atoms with Crippen LogP contribution in [0.15, 0.2) is 0 Å². The predicted molar refractivity (Wildman–Crippen MR) is 39.7 cm³/mol. The fraction of sp³-hybridized carbons (Fsp3) is 1.00. The molecule has 0 bridgehead atoms. The third-order valence-corrected chi connectivity index (χ3v) is 2.03. The van der Waals surface area contributed by atoms with E-state index in [-0.39, 0.29) is 11.9 Å². The topological polar surface area (TPSA) is 40.5 Å². The first-order valence-electron chi connectivity index (χ1n) is 2.30. The highest BCUT2D eigenvalue weighted by Crippen LogP contribution is 2.02. The Morgan fingerprint density at radius 2 is 2.00 bits per heavy atom. The van der Waals surface area contributed by atoms with Crippen molar-refractivity contribution in [2.75, 3.05) is 12.4 Å². The van der Waals surface area contributed by atoms with Gasteiger partial charge in [-0.15, -0.1) is 0 Å². The van der Waals surface area contributed by atoms with Crippen molar-refractivity contribution in [3.8, 4) is 0 Å². The van der Waals surface area contributed by atoms with E-state index in [1.807, 2.05) is 0 Å². The lowest BCUT2D eigenvalue weighted by molar-refractivity contribution is 0.0978. The van der Waals surface area contributed by atoms with E-state index in [1.165, 1.54) is 0 Å². The number of hydrogen-bond acceptors (Lipinski definition) is 4. The van der Waals surface area contributed by atoms with Crippen molar-refractivity contribution in [1.29, 1.82) is 0 Å². The third kappa shape index (κ3) is 2.81. The van der Waals surface area contributed by atoms with Gasteiger partial charge in [0.25, 0.3) is 0 Å². The van der Waals surface area contributed by atoms with E-state index < -0.39 is 6.10 Å². The third-order valence-electron chi connectivity index (χ3n) is 0.818. The van der Waals surface area contributed by atoms with Crippen molar-refractivity contribution < 1.29 is 10.2 Å². The second kappa shape index (κ2) is 4.49. The zero-order valence-electron chi connectivity index (χ0n) is 4.36. The Labute approximate surface area is 59.7 Å². The van der Waals surface area contributed by atoms with Gasteiger partial charge in [-0.1, -0.05) is 0 Å². The van der Waals surface area contributed by atoms with E-state index in [1.54, 1.807) is 0 Å². The van der Waals surface area contributed by atoms with Crippen LogP contribution in [0.5, 0.6) is 0 Å². The predicted octanol–water partition coefficient (Wildman–Crippen LogP) is -0.432. The lowest BCUT2D eigenvalue weighted by Gasteiger charge is -2.11. The molecule has 0 fully saturated rings. The van der Waals surface area contributed by atoms with Gasteiger partial charge in [-0.2, -0.15) is 25.3 Å². The summed E-state index contributed by atoms with van der Waals surface area (Å²) < 4.78 is 0. The standard InChI is InChI=1S/C4H10O2S2/c5-1-3(6)4(8)2-7/h3-8H,1-2H2/t3-,4-/m0/s1. The molecule has 0 saturated carbocycles. The molecule has 0 heterocycles. The Balaban J connectivity index is 3.29. The summed E-state index contributed by atoms with van der Waals surface area (Å²) in [6.45, 7) is -0.241. The van der Waals surface area contributed by atoms with Crippen LogP contribution >= 0.6 is 25.3 Å². The molecular weight excluding hydrogens is 144 g/mol. The molecule has 0 aromatic rings. The first-order chi connectivity index (χ1) is 3.72. The van der Waals surface area contributed by atoms with Gasteiger partial charge in [-0.25, -0.2) is 0 Å². The summed E-state index contributed by atoms with van der Waals surface area (Å²) in [5.41, 5.74) is 0. The summed E-state index contributed by atoms with van der Waals surface area (Å²) in [5.74, 6) is 0.477. The molecule has 4 heteroatoms. The molecule has 0 aliphatic carbocycles. The Kier molecular flexibility index (Phi) is 4.84. The van der Waals surface area contributed by atoms with Gasteiger partial charge in [0.15, 0.2) is 0 Å². The fourth-order valence-electron chi connectivity index (χ4n) is 0.243. The van der Waals surface area contributed by atoms with Gasteiger partial charge in [0.05, 0.1) is 12.7 Å². The summed E-state index contributed by atoms with van der Waals surface area (Å²) in [4.78, 5) is 0. The average molecular weight is 154 g/mol. The highest BCUT2D eigenvalue weighted by molar-refractivity contribution is 7.84. The summed E-state index contributed by atoms with van der Waals surface area (Å²) in [7, 11) is 0. The maximum absolute atomic E-state index is 8.75. The van der Waals surface area contributed by atoms with E-state index >= 15 is 0 Å². The Morgan fingerprint density at radius 1 is 1.50 bits per heavy atom. The second-order valence-electron chi connectivity index (χ2n) is 1.50. The van der Waals surface area contributed by atoms with Crippen LogP contribution in [0, 0.1) is 0 Å². The zero-order chi connectivity index (χ0) is 6.57. The molecule has 8 heavy (non-hydrogen) atoms. The first-order valence-corrected chi connectivity index (χ1v) is 3.45. The summed E-state index contributed by atoms with van der Waals surface area (Å²) in [6, 6.07) is 0. The van der Waals surface area contributed by atoms with Gasteiger partial charge >= 0.3 is 0 Å². The molecule has 0 aliphatic heterocycles. The normalized spacial score (nSPS) is 18.0. The minimum absolute atomic E-state index is 0.219. The van der Waals surface area contributed by atoms with Gasteiger partial charge in [-0.05, 0) is 0 Å². The average Bonchev–Trinajstić information content (AvgIpc) is 1.84. The first kappa shape index (κ1) is 8.62. The molecule has 0 aromatic carbocycles. The van der Waals surface area contributed by atoms with Crippen LogP contribution in [-0.2, 0) is 0 Å². The van der Waals surface area contributed by atoms with Crippen molar-refractivity contribution in [2.45, 2.75) is 11.4 Å². The highest BCUT2D eigenvalue weighted by Gasteiger charge is 2.10. The van der Waals surface area contributed by atoms with Gasteiger partial charge in [-0.3, -0.25) is 0 Å². The summed E-state index contributed by atoms with van der Waals surface area (Å²) in [6.07, 6.45) is -0.740. The molecular formula is C4H10O2S2. The highest BCUT2D eigenvalue weighted by atomic mass is 32.1. The molecule has 0 unspecified atom stereocenters. The quantitative estimate of drug-likeness (QED) is 0.417. The minimum atomic E-state index is -0.740. The van der Waals surface area contributed by atoms with Crippen LogP contribution in [0.2, 0.25) is 0 Å². The minimum Gasteiger partial charge on any atom is -0.394 e. The summed E-state index contributed by atoms with van der Waals surface area (Å²) >= 11 is 7.78. The van der Waals surface area contributed by atoms with Gasteiger partial charge in [0.2, 0.25) is 0 Å². The molecule has 2 atom stereocenters. The van der Waals surface area contributed by atoms with Crippen LogP contribution in [-0.4, -0.2) is 33.9 Å². The van der Waals surface area contributed by atoms with E-state index in [4.69, 9.17) is 10.2 Å². The Morgan fingerprint density at radius 3 is 2.12 bits per heavy atom. The SMILES string of the molecule is OC[C@H](O)[C@@H](S)CS. The van der Waals surface area contributed by atoms with E-state index in [9.17, 15) is 0 Å². The molecule has 0 rings (SSSR count). The molecule has 0 aliphatic rings. The number of aliphatic hydroxyl groups excluding tert-OH is 2. The molecule has 0 aromatic heterocycles. The zero-order valence-corrected chi connectivity index (χ0v) is 6.15. The number of thiol groups is 2. The maximum Gasteiger partial charge on any atom is 0.0894 e. The van der Waals surface area contributed by atoms with E-state index in [2.05, 4.69) is 25.3 Å². The van der Waals surface area contributed by atoms with Crippen LogP contribution in [0.4, 0.5) is 0 Å². The van der Waals surface area contributed by atoms with Gasteiger partial charge in [0.1, 0.15) is 0 Å². The summed E-state index contributed by atoms with van der Waals surface area (Å²) in [5, 5.41) is 16.8. The second-order valence-corrected chi connectivity index (χ2v) is 2.53. The van der Waals surface area contributed by atoms with Crippen molar-refractivity contribution >= 4 is 25.3 Å². The van der Waals surface area contributed by atoms with Crippen molar-refractivity contribution in [3.63, 3.8) is 0 Å². The van der Waals surface area contributed by atoms with Crippen LogP contribution in [0.25, 0.3) is 0 Å². The molecule has 2 N–H and O–H groups in total. The molecule has 0 saturated heterocycles. The van der Waals surface area contributed by atoms with Gasteiger partial charge in [0, 0.05) is 11.0 Å². The largest absolute Gasteiger partial charge is 0.394 e. The monoisotopic (exact) mass is 154 g/mol. The molecule has 50 valence electrons. The number of hydrogen-bond donors (Lipinski definition) is 4. The van der Waals surface area contributed by atoms with Crippen molar-refractivity contribution in [1.82, 2.24) is 0 Å². The lowest BCUT2D eigenvalue weighted by Crippen LogP contribution is -2.25. The maximum atomic E-state index is 8.75. The Bertz CT molecular complexity index is 52.0. The number of rotatable bonds is 3. The van der Waals surface area contributed by atoms with Crippen LogP contribution < -0.4 is 0 Å². The molecule has 0 radical (unpaired) electrons. The van der Waals surface area contributed by atoms with Crippen molar-refractivity contribution in [2.24, 2.45) is 0 Å². The van der Waals surface area contributed by atoms with Crippen molar-refractivity contribution in [3.05, 3.63) is 0 Å². The smallest absolute Gasteiger partial charge is 0.0894 e. The van der Waals surface area contributed by atoms with E-state index in [0.717, 1.165) is 0 Å². The molecule has 0 amide bonds. The fourth-order valence-corrected chi connectivity index (χ4v) is 0.581. The Hall–Kier alpha value is 0.620. The molecule has 0 spiro atoms. The lowest BCUT2D eigenvalue weighted by atomic mass is 10.3. The van der Waals surface area contributed by atoms with Crippen LogP contribution in [0.1, 0.15) is 0 Å². The molecule has 2 nitrogen and oxygen atoms in total. The van der Waals surface area contributed by atoms with Crippen LogP contribution in [0.3, 0.4) is 0 Å². The van der Waals surface area contributed by atoms with Gasteiger partial charge < -0.3 is 10.2 Å².